The number of hydrogen-bond acceptors (Lipinski definition) is 4. The van der Waals surface area contributed by atoms with Crippen LogP contribution in [0.25, 0.3) is 17.4 Å². The Hall–Kier alpha value is -3.10. The molecule has 0 N–H and O–H groups in total. The summed E-state index contributed by atoms with van der Waals surface area (Å²) in [6, 6.07) is 12.7. The normalized spacial score (nSPS) is 16.2. The summed E-state index contributed by atoms with van der Waals surface area (Å²) in [4.78, 5) is 26.2. The molecular weight excluding hydrogens is 364 g/mol. The number of rotatable bonds is 4. The Kier molecular flexibility index (Phi) is 5.29. The van der Waals surface area contributed by atoms with E-state index in [1.807, 2.05) is 25.1 Å². The smallest absolute Gasteiger partial charge is 0.271 e. The van der Waals surface area contributed by atoms with Crippen molar-refractivity contribution in [1.82, 2.24) is 4.90 Å². The van der Waals surface area contributed by atoms with Crippen LogP contribution in [0.2, 0.25) is 5.02 Å². The second-order valence-corrected chi connectivity index (χ2v) is 6.58. The molecule has 5 nitrogen and oxygen atoms in total. The van der Waals surface area contributed by atoms with Crippen LogP contribution in [0.4, 0.5) is 0 Å². The lowest BCUT2D eigenvalue weighted by Crippen LogP contribution is -2.43. The van der Waals surface area contributed by atoms with Crippen LogP contribution in [-0.2, 0) is 9.59 Å². The summed E-state index contributed by atoms with van der Waals surface area (Å²) in [7, 11) is 0. The molecule has 0 unspecified atom stereocenters. The first kappa shape index (κ1) is 18.7. The number of carbonyl (C=O) groups excluding carboxylic acids is 2. The van der Waals surface area contributed by atoms with Gasteiger partial charge in [0.15, 0.2) is 0 Å². The van der Waals surface area contributed by atoms with Gasteiger partial charge in [-0.15, -0.1) is 0 Å². The van der Waals surface area contributed by atoms with Gasteiger partial charge in [-0.05, 0) is 61.4 Å². The Balaban J connectivity index is 2.01. The van der Waals surface area contributed by atoms with Crippen molar-refractivity contribution >= 4 is 29.5 Å². The molecule has 2 amide bonds. The highest BCUT2D eigenvalue weighted by Crippen LogP contribution is 2.29. The molecule has 0 atom stereocenters. The highest BCUT2D eigenvalue weighted by atomic mass is 35.5. The molecule has 3 rings (SSSR count). The highest BCUT2D eigenvalue weighted by molar-refractivity contribution is 6.30. The number of imide groups is 1. The lowest BCUT2D eigenvalue weighted by molar-refractivity contribution is -0.140. The van der Waals surface area contributed by atoms with Crippen molar-refractivity contribution in [2.45, 2.75) is 20.3 Å². The van der Waals surface area contributed by atoms with E-state index in [0.29, 0.717) is 28.5 Å². The van der Waals surface area contributed by atoms with Gasteiger partial charge in [-0.25, -0.2) is 0 Å². The maximum absolute atomic E-state index is 12.8. The molecule has 27 heavy (non-hydrogen) atoms. The standard InChI is InChI=1S/C21H17ClN2O3/c1-3-10-24-20(25)17(13(2)18(12-23)21(24)26)11-16-8-9-19(27-16)14-4-6-15(22)7-5-14/h4-9,11H,3,10H2,1-2H3/b17-11+. The molecule has 6 heteroatoms. The zero-order valence-corrected chi connectivity index (χ0v) is 15.7. The second-order valence-electron chi connectivity index (χ2n) is 6.14. The average Bonchev–Trinajstić information content (AvgIpc) is 3.12. The Morgan fingerprint density at radius 1 is 1.15 bits per heavy atom. The van der Waals surface area contributed by atoms with Crippen molar-refractivity contribution in [3.63, 3.8) is 0 Å². The van der Waals surface area contributed by atoms with Crippen LogP contribution >= 0.6 is 11.6 Å². The Bertz CT molecular complexity index is 1010. The van der Waals surface area contributed by atoms with E-state index in [1.54, 1.807) is 37.3 Å². The first-order chi connectivity index (χ1) is 13.0. The van der Waals surface area contributed by atoms with Crippen LogP contribution in [0.5, 0.6) is 0 Å². The molecule has 136 valence electrons. The van der Waals surface area contributed by atoms with Crippen LogP contribution < -0.4 is 0 Å². The molecule has 0 fully saturated rings. The zero-order valence-electron chi connectivity index (χ0n) is 15.0. The van der Waals surface area contributed by atoms with E-state index >= 15 is 0 Å². The van der Waals surface area contributed by atoms with Crippen LogP contribution in [0.3, 0.4) is 0 Å². The molecule has 0 spiro atoms. The predicted octanol–water partition coefficient (Wildman–Crippen LogP) is 4.60. The largest absolute Gasteiger partial charge is 0.457 e. The van der Waals surface area contributed by atoms with E-state index in [-0.39, 0.29) is 17.7 Å². The van der Waals surface area contributed by atoms with Crippen LogP contribution in [-0.4, -0.2) is 23.3 Å². The van der Waals surface area contributed by atoms with Crippen LogP contribution in [0, 0.1) is 11.3 Å². The number of amides is 2. The first-order valence-corrected chi connectivity index (χ1v) is 8.89. The third-order valence-corrected chi connectivity index (χ3v) is 4.57. The summed E-state index contributed by atoms with van der Waals surface area (Å²) in [5.74, 6) is 0.138. The Labute approximate surface area is 162 Å². The number of benzene rings is 1. The van der Waals surface area contributed by atoms with Gasteiger partial charge in [0.05, 0.1) is 0 Å². The van der Waals surface area contributed by atoms with Gasteiger partial charge in [0.2, 0.25) is 0 Å². The highest BCUT2D eigenvalue weighted by Gasteiger charge is 2.35. The van der Waals surface area contributed by atoms with Gasteiger partial charge in [0.1, 0.15) is 23.2 Å². The van der Waals surface area contributed by atoms with Crippen molar-refractivity contribution in [2.24, 2.45) is 0 Å². The molecule has 1 aliphatic rings. The lowest BCUT2D eigenvalue weighted by atomic mass is 9.94. The van der Waals surface area contributed by atoms with Gasteiger partial charge < -0.3 is 4.42 Å². The predicted molar refractivity (Wildman–Crippen MR) is 102 cm³/mol. The van der Waals surface area contributed by atoms with E-state index in [2.05, 4.69) is 0 Å². The van der Waals surface area contributed by atoms with Crippen LogP contribution in [0.1, 0.15) is 26.0 Å². The van der Waals surface area contributed by atoms with Gasteiger partial charge in [0, 0.05) is 22.7 Å². The van der Waals surface area contributed by atoms with Crippen LogP contribution in [0.15, 0.2) is 57.5 Å². The van der Waals surface area contributed by atoms with Gasteiger partial charge in [-0.2, -0.15) is 5.26 Å². The molecule has 1 aromatic heterocycles. The van der Waals surface area contributed by atoms with Gasteiger partial charge in [0.25, 0.3) is 11.8 Å². The summed E-state index contributed by atoms with van der Waals surface area (Å²) in [6.07, 6.45) is 2.19. The molecular formula is C21H17ClN2O3. The van der Waals surface area contributed by atoms with Crippen molar-refractivity contribution in [3.05, 3.63) is 63.9 Å². The molecule has 1 aliphatic heterocycles. The number of halogens is 1. The second kappa shape index (κ2) is 7.65. The summed E-state index contributed by atoms with van der Waals surface area (Å²) in [5.41, 5.74) is 1.49. The summed E-state index contributed by atoms with van der Waals surface area (Å²) in [6.45, 7) is 3.74. The van der Waals surface area contributed by atoms with E-state index in [0.717, 1.165) is 10.5 Å². The SMILES string of the molecule is CCCN1C(=O)C(C#N)=C(C)/C(=C\c2ccc(-c3ccc(Cl)cc3)o2)C1=O. The maximum Gasteiger partial charge on any atom is 0.271 e. The molecule has 2 heterocycles. The quantitative estimate of drug-likeness (QED) is 0.573. The fourth-order valence-corrected chi connectivity index (χ4v) is 3.02. The van der Waals surface area contributed by atoms with E-state index in [9.17, 15) is 14.9 Å². The topological polar surface area (TPSA) is 74.3 Å². The lowest BCUT2D eigenvalue weighted by Gasteiger charge is -2.26. The number of hydrogen-bond donors (Lipinski definition) is 0. The zero-order chi connectivity index (χ0) is 19.6. The Morgan fingerprint density at radius 3 is 2.48 bits per heavy atom. The van der Waals surface area contributed by atoms with Crippen molar-refractivity contribution < 1.29 is 14.0 Å². The molecule has 0 bridgehead atoms. The molecule has 0 saturated carbocycles. The number of nitriles is 1. The molecule has 0 aliphatic carbocycles. The van der Waals surface area contributed by atoms with E-state index < -0.39 is 11.8 Å². The fraction of sp³-hybridized carbons (Fsp3) is 0.190. The molecule has 1 aromatic carbocycles. The minimum Gasteiger partial charge on any atom is -0.457 e. The third-order valence-electron chi connectivity index (χ3n) is 4.31. The minimum absolute atomic E-state index is 0.0150. The number of nitrogens with zero attached hydrogens (tertiary/aromatic N) is 2. The summed E-state index contributed by atoms with van der Waals surface area (Å²) in [5, 5.41) is 9.97. The van der Waals surface area contributed by atoms with Crippen molar-refractivity contribution in [3.8, 4) is 17.4 Å². The maximum atomic E-state index is 12.8. The third kappa shape index (κ3) is 3.57. The van der Waals surface area contributed by atoms with Crippen molar-refractivity contribution in [2.75, 3.05) is 6.54 Å². The molecule has 0 radical (unpaired) electrons. The first-order valence-electron chi connectivity index (χ1n) is 8.51. The molecule has 2 aromatic rings. The Morgan fingerprint density at radius 2 is 1.85 bits per heavy atom. The summed E-state index contributed by atoms with van der Waals surface area (Å²) < 4.78 is 5.82. The van der Waals surface area contributed by atoms with Gasteiger partial charge >= 0.3 is 0 Å². The van der Waals surface area contributed by atoms with Gasteiger partial charge in [-0.3, -0.25) is 14.5 Å². The van der Waals surface area contributed by atoms with E-state index in [4.69, 9.17) is 16.0 Å². The number of carbonyl (C=O) groups is 2. The van der Waals surface area contributed by atoms with Crippen molar-refractivity contribution in [1.29, 1.82) is 5.26 Å². The molecule has 0 saturated heterocycles. The van der Waals surface area contributed by atoms with Gasteiger partial charge in [-0.1, -0.05) is 18.5 Å². The number of furan rings is 1. The minimum atomic E-state index is -0.541. The summed E-state index contributed by atoms with van der Waals surface area (Å²) >= 11 is 5.90. The average molecular weight is 381 g/mol. The fourth-order valence-electron chi connectivity index (χ4n) is 2.90. The monoisotopic (exact) mass is 380 g/mol. The van der Waals surface area contributed by atoms with E-state index in [1.165, 1.54) is 0 Å².